The van der Waals surface area contributed by atoms with Crippen molar-refractivity contribution in [2.45, 2.75) is 71.1 Å². The summed E-state index contributed by atoms with van der Waals surface area (Å²) in [5, 5.41) is 8.75. The van der Waals surface area contributed by atoms with Crippen molar-refractivity contribution in [1.29, 1.82) is 0 Å². The number of rotatable bonds is 14. The number of allylic oxidation sites excluding steroid dienone is 1. The van der Waals surface area contributed by atoms with E-state index in [1.807, 2.05) is 13.8 Å². The number of nitrogens with zero attached hydrogens (tertiary/aromatic N) is 1. The molecule has 1 N–H and O–H groups in total. The highest BCUT2D eigenvalue weighted by Crippen LogP contribution is 2.23. The van der Waals surface area contributed by atoms with Gasteiger partial charge < -0.3 is 19.3 Å². The van der Waals surface area contributed by atoms with E-state index in [4.69, 9.17) is 19.3 Å². The van der Waals surface area contributed by atoms with Gasteiger partial charge in [0.05, 0.1) is 6.04 Å². The van der Waals surface area contributed by atoms with E-state index < -0.39 is 42.0 Å². The van der Waals surface area contributed by atoms with Crippen molar-refractivity contribution in [1.82, 2.24) is 4.90 Å². The number of cyclic esters (lactones) is 1. The van der Waals surface area contributed by atoms with Gasteiger partial charge in [-0.3, -0.25) is 19.2 Å². The molecule has 0 aliphatic carbocycles. The molecule has 0 radical (unpaired) electrons. The molecule has 1 fully saturated rings. The molecule has 1 heterocycles. The van der Waals surface area contributed by atoms with Crippen molar-refractivity contribution in [2.75, 3.05) is 20.3 Å². The van der Waals surface area contributed by atoms with E-state index in [2.05, 4.69) is 0 Å². The molecule has 0 aromatic rings. The zero-order valence-corrected chi connectivity index (χ0v) is 19.1. The number of aliphatic hydroxyl groups excluding tert-OH is 1. The van der Waals surface area contributed by atoms with Crippen LogP contribution in [0.4, 0.5) is 4.79 Å². The Hall–Kier alpha value is -2.59. The highest BCUT2D eigenvalue weighted by Gasteiger charge is 2.46. The van der Waals surface area contributed by atoms with E-state index in [0.717, 1.165) is 43.9 Å². The molecular weight excluding hydrogens is 422 g/mol. The van der Waals surface area contributed by atoms with E-state index in [1.165, 1.54) is 0 Å². The lowest BCUT2D eigenvalue weighted by Gasteiger charge is -2.29. The van der Waals surface area contributed by atoms with Gasteiger partial charge in [0.15, 0.2) is 23.8 Å². The maximum Gasteiger partial charge on any atom is 0.417 e. The molecule has 32 heavy (non-hydrogen) atoms. The van der Waals surface area contributed by atoms with Crippen LogP contribution < -0.4 is 0 Å². The van der Waals surface area contributed by atoms with Gasteiger partial charge in [0.1, 0.15) is 6.61 Å². The SMILES string of the molecule is COC(C(=O)N1C(=O)OCC1C(C)C)C(OC(C)=O)C(=O)C=CC(=O)CCCCCCO. The van der Waals surface area contributed by atoms with Gasteiger partial charge in [-0.2, -0.15) is 0 Å². The highest BCUT2D eigenvalue weighted by molar-refractivity contribution is 6.05. The van der Waals surface area contributed by atoms with E-state index in [-0.39, 0.29) is 31.3 Å². The van der Waals surface area contributed by atoms with Gasteiger partial charge in [-0.25, -0.2) is 9.69 Å². The zero-order chi connectivity index (χ0) is 24.3. The lowest BCUT2D eigenvalue weighted by molar-refractivity contribution is -0.166. The number of aliphatic hydroxyl groups is 1. The summed E-state index contributed by atoms with van der Waals surface area (Å²) >= 11 is 0. The number of ketones is 2. The van der Waals surface area contributed by atoms with Gasteiger partial charge in [-0.1, -0.05) is 26.7 Å². The molecule has 1 aliphatic rings. The molecule has 0 aromatic carbocycles. The fraction of sp³-hybridized carbons (Fsp3) is 0.682. The first-order valence-corrected chi connectivity index (χ1v) is 10.7. The van der Waals surface area contributed by atoms with Crippen molar-refractivity contribution >= 4 is 29.5 Å². The van der Waals surface area contributed by atoms with Crippen molar-refractivity contribution in [3.05, 3.63) is 12.2 Å². The second-order valence-electron chi connectivity index (χ2n) is 7.87. The number of hydrogen-bond acceptors (Lipinski definition) is 9. The number of carbonyl (C=O) groups excluding carboxylic acids is 5. The number of imide groups is 1. The molecule has 180 valence electrons. The Morgan fingerprint density at radius 2 is 1.78 bits per heavy atom. The number of esters is 1. The third kappa shape index (κ3) is 8.16. The van der Waals surface area contributed by atoms with Crippen LogP contribution in [0.2, 0.25) is 0 Å². The summed E-state index contributed by atoms with van der Waals surface area (Å²) in [4.78, 5) is 62.3. The lowest BCUT2D eigenvalue weighted by Crippen LogP contribution is -2.53. The number of carbonyl (C=O) groups is 5. The first-order chi connectivity index (χ1) is 15.1. The molecule has 0 spiro atoms. The molecule has 10 heteroatoms. The van der Waals surface area contributed by atoms with Crippen LogP contribution in [0.1, 0.15) is 52.9 Å². The number of hydrogen-bond donors (Lipinski definition) is 1. The normalized spacial score (nSPS) is 18.0. The molecule has 1 saturated heterocycles. The molecule has 1 rings (SSSR count). The average Bonchev–Trinajstić information content (AvgIpc) is 3.13. The van der Waals surface area contributed by atoms with Crippen molar-refractivity contribution in [3.8, 4) is 0 Å². The minimum atomic E-state index is -1.67. The van der Waals surface area contributed by atoms with Crippen LogP contribution in [0.3, 0.4) is 0 Å². The second kappa shape index (κ2) is 13.7. The number of methoxy groups -OCH3 is 1. The van der Waals surface area contributed by atoms with Crippen LogP contribution in [-0.2, 0) is 33.4 Å². The molecule has 2 amide bonds. The van der Waals surface area contributed by atoms with E-state index >= 15 is 0 Å². The average molecular weight is 456 g/mol. The zero-order valence-electron chi connectivity index (χ0n) is 19.1. The Kier molecular flexibility index (Phi) is 11.8. The standard InChI is InChI=1S/C22H33NO9/c1-14(2)17-13-31-22(29)23(17)21(28)20(30-4)19(32-15(3)25)18(27)11-10-16(26)9-7-5-6-8-12-24/h10-11,14,17,19-20,24H,5-9,12-13H2,1-4H3. The van der Waals surface area contributed by atoms with Gasteiger partial charge in [0.2, 0.25) is 0 Å². The van der Waals surface area contributed by atoms with Crippen LogP contribution in [-0.4, -0.2) is 78.1 Å². The summed E-state index contributed by atoms with van der Waals surface area (Å²) in [6.45, 7) is 4.80. The molecule has 0 bridgehead atoms. The van der Waals surface area contributed by atoms with Gasteiger partial charge in [-0.15, -0.1) is 0 Å². The van der Waals surface area contributed by atoms with Gasteiger partial charge in [-0.05, 0) is 30.9 Å². The highest BCUT2D eigenvalue weighted by atomic mass is 16.6. The summed E-state index contributed by atoms with van der Waals surface area (Å²) in [7, 11) is 1.15. The Labute approximate surface area is 187 Å². The van der Waals surface area contributed by atoms with Gasteiger partial charge in [0, 0.05) is 27.1 Å². The minimum Gasteiger partial charge on any atom is -0.451 e. The molecule has 10 nitrogen and oxygen atoms in total. The monoisotopic (exact) mass is 455 g/mol. The Morgan fingerprint density at radius 3 is 2.34 bits per heavy atom. The Bertz CT molecular complexity index is 716. The number of ether oxygens (including phenoxy) is 3. The lowest BCUT2D eigenvalue weighted by atomic mass is 10.0. The molecule has 3 unspecified atom stereocenters. The summed E-state index contributed by atoms with van der Waals surface area (Å²) in [5.41, 5.74) is 0. The third-order valence-electron chi connectivity index (χ3n) is 5.02. The number of unbranched alkanes of at least 4 members (excludes halogenated alkanes) is 3. The third-order valence-corrected chi connectivity index (χ3v) is 5.02. The summed E-state index contributed by atoms with van der Waals surface area (Å²) in [6.07, 6.45) is 0.971. The minimum absolute atomic E-state index is 0.0115. The maximum absolute atomic E-state index is 13.0. The van der Waals surface area contributed by atoms with Crippen molar-refractivity contribution in [2.24, 2.45) is 5.92 Å². The largest absolute Gasteiger partial charge is 0.451 e. The smallest absolute Gasteiger partial charge is 0.417 e. The fourth-order valence-electron chi connectivity index (χ4n) is 3.24. The first-order valence-electron chi connectivity index (χ1n) is 10.7. The maximum atomic E-state index is 13.0. The van der Waals surface area contributed by atoms with Crippen molar-refractivity contribution < 1.29 is 43.3 Å². The quantitative estimate of drug-likeness (QED) is 0.235. The molecular formula is C22H33NO9. The van der Waals surface area contributed by atoms with Crippen LogP contribution in [0.5, 0.6) is 0 Å². The Morgan fingerprint density at radius 1 is 1.12 bits per heavy atom. The predicted molar refractivity (Wildman–Crippen MR) is 112 cm³/mol. The summed E-state index contributed by atoms with van der Waals surface area (Å²) in [6, 6.07) is -0.552. The van der Waals surface area contributed by atoms with E-state index in [0.29, 0.717) is 12.8 Å². The van der Waals surface area contributed by atoms with E-state index in [9.17, 15) is 24.0 Å². The number of amides is 2. The van der Waals surface area contributed by atoms with Gasteiger partial charge in [0.25, 0.3) is 5.91 Å². The second-order valence-corrected chi connectivity index (χ2v) is 7.87. The molecule has 0 aromatic heterocycles. The van der Waals surface area contributed by atoms with Crippen LogP contribution >= 0.6 is 0 Å². The van der Waals surface area contributed by atoms with Crippen molar-refractivity contribution in [3.63, 3.8) is 0 Å². The summed E-state index contributed by atoms with van der Waals surface area (Å²) in [5.74, 6) is -2.92. The van der Waals surface area contributed by atoms with Crippen LogP contribution in [0, 0.1) is 5.92 Å². The van der Waals surface area contributed by atoms with Crippen LogP contribution in [0.25, 0.3) is 0 Å². The fourth-order valence-corrected chi connectivity index (χ4v) is 3.24. The van der Waals surface area contributed by atoms with E-state index in [1.54, 1.807) is 0 Å². The molecule has 3 atom stereocenters. The van der Waals surface area contributed by atoms with Crippen LogP contribution in [0.15, 0.2) is 12.2 Å². The molecule has 0 saturated carbocycles. The summed E-state index contributed by atoms with van der Waals surface area (Å²) < 4.78 is 15.2. The molecule has 1 aliphatic heterocycles. The Balaban J connectivity index is 2.92. The van der Waals surface area contributed by atoms with Gasteiger partial charge >= 0.3 is 12.1 Å². The predicted octanol–water partition coefficient (Wildman–Crippen LogP) is 1.57. The topological polar surface area (TPSA) is 137 Å². The first kappa shape index (κ1) is 27.4.